The quantitative estimate of drug-likeness (QED) is 0.592. The van der Waals surface area contributed by atoms with Crippen molar-refractivity contribution in [1.82, 2.24) is 0 Å². The van der Waals surface area contributed by atoms with Crippen molar-refractivity contribution in [3.63, 3.8) is 0 Å². The third-order valence-electron chi connectivity index (χ3n) is 5.68. The van der Waals surface area contributed by atoms with E-state index in [9.17, 15) is 0 Å². The molecule has 0 nitrogen and oxygen atoms in total. The van der Waals surface area contributed by atoms with Gasteiger partial charge in [0.05, 0.1) is 5.38 Å². The molecule has 1 unspecified atom stereocenters. The van der Waals surface area contributed by atoms with Crippen molar-refractivity contribution in [2.24, 2.45) is 11.8 Å². The van der Waals surface area contributed by atoms with Crippen LogP contribution < -0.4 is 0 Å². The van der Waals surface area contributed by atoms with Gasteiger partial charge in [0.1, 0.15) is 0 Å². The summed E-state index contributed by atoms with van der Waals surface area (Å²) in [5.41, 5.74) is 4.41. The molecule has 1 atom stereocenters. The first kappa shape index (κ1) is 13.6. The first-order valence-electron chi connectivity index (χ1n) is 8.41. The van der Waals surface area contributed by atoms with Crippen molar-refractivity contribution in [3.05, 3.63) is 47.0 Å². The summed E-state index contributed by atoms with van der Waals surface area (Å²) in [4.78, 5) is 0. The minimum absolute atomic E-state index is 0.183. The molecule has 110 valence electrons. The lowest BCUT2D eigenvalue weighted by molar-refractivity contribution is 0.284. The van der Waals surface area contributed by atoms with Crippen molar-refractivity contribution in [2.75, 3.05) is 0 Å². The second-order valence-corrected chi connectivity index (χ2v) is 7.55. The maximum absolute atomic E-state index is 6.94. The van der Waals surface area contributed by atoms with Gasteiger partial charge in [-0.05, 0) is 65.0 Å². The predicted octanol–water partition coefficient (Wildman–Crippen LogP) is 6.04. The molecule has 1 fully saturated rings. The highest BCUT2D eigenvalue weighted by molar-refractivity contribution is 6.22. The lowest BCUT2D eigenvalue weighted by Gasteiger charge is -2.30. The molecule has 0 aromatic heterocycles. The van der Waals surface area contributed by atoms with E-state index in [0.717, 1.165) is 5.92 Å². The average molecular weight is 299 g/mol. The number of hydrogen-bond donors (Lipinski definition) is 0. The summed E-state index contributed by atoms with van der Waals surface area (Å²) in [7, 11) is 0. The van der Waals surface area contributed by atoms with Crippen molar-refractivity contribution in [1.29, 1.82) is 0 Å². The SMILES string of the molecule is CC1CCC(C(Cl)c2ccc3c4c(cccc24)CC3)CC1. The fourth-order valence-electron chi connectivity index (χ4n) is 4.34. The normalized spacial score (nSPS) is 26.2. The first-order chi connectivity index (χ1) is 10.2. The van der Waals surface area contributed by atoms with Crippen LogP contribution in [0.1, 0.15) is 54.7 Å². The third kappa shape index (κ3) is 2.28. The first-order valence-corrected chi connectivity index (χ1v) is 8.85. The molecule has 0 spiro atoms. The van der Waals surface area contributed by atoms with E-state index >= 15 is 0 Å². The van der Waals surface area contributed by atoms with Crippen molar-refractivity contribution >= 4 is 22.4 Å². The number of aryl methyl sites for hydroxylation is 2. The van der Waals surface area contributed by atoms with Gasteiger partial charge in [-0.15, -0.1) is 11.6 Å². The molecule has 0 N–H and O–H groups in total. The molecule has 0 heterocycles. The Bertz CT molecular complexity index is 655. The lowest BCUT2D eigenvalue weighted by Crippen LogP contribution is -2.16. The van der Waals surface area contributed by atoms with Crippen molar-refractivity contribution < 1.29 is 0 Å². The molecule has 1 saturated carbocycles. The molecule has 2 aromatic rings. The van der Waals surface area contributed by atoms with Crippen LogP contribution in [-0.2, 0) is 12.8 Å². The Morgan fingerprint density at radius 1 is 0.952 bits per heavy atom. The molecule has 2 aliphatic rings. The van der Waals surface area contributed by atoms with Crippen LogP contribution in [-0.4, -0.2) is 0 Å². The smallest absolute Gasteiger partial charge is 0.0619 e. The van der Waals surface area contributed by atoms with E-state index < -0.39 is 0 Å². The van der Waals surface area contributed by atoms with E-state index in [4.69, 9.17) is 11.6 Å². The van der Waals surface area contributed by atoms with E-state index in [-0.39, 0.29) is 5.38 Å². The van der Waals surface area contributed by atoms with Crippen LogP contribution in [0.4, 0.5) is 0 Å². The zero-order chi connectivity index (χ0) is 14.4. The molecular weight excluding hydrogens is 276 g/mol. The Labute approximate surface area is 132 Å². The second-order valence-electron chi connectivity index (χ2n) is 7.08. The Morgan fingerprint density at radius 2 is 1.67 bits per heavy atom. The Balaban J connectivity index is 1.74. The van der Waals surface area contributed by atoms with Crippen LogP contribution >= 0.6 is 11.6 Å². The van der Waals surface area contributed by atoms with Gasteiger partial charge in [-0.2, -0.15) is 0 Å². The van der Waals surface area contributed by atoms with Crippen molar-refractivity contribution in [3.8, 4) is 0 Å². The van der Waals surface area contributed by atoms with Crippen LogP contribution in [0.2, 0.25) is 0 Å². The van der Waals surface area contributed by atoms with Gasteiger partial charge in [-0.1, -0.05) is 50.1 Å². The summed E-state index contributed by atoms with van der Waals surface area (Å²) in [5, 5.41) is 3.10. The van der Waals surface area contributed by atoms with Gasteiger partial charge in [-0.25, -0.2) is 0 Å². The predicted molar refractivity (Wildman–Crippen MR) is 91.1 cm³/mol. The molecule has 0 saturated heterocycles. The maximum atomic E-state index is 6.94. The molecular formula is C20H23Cl. The molecule has 2 aromatic carbocycles. The molecule has 0 amide bonds. The molecule has 2 aliphatic carbocycles. The van der Waals surface area contributed by atoms with E-state index in [0.29, 0.717) is 5.92 Å². The minimum Gasteiger partial charge on any atom is -0.117 e. The van der Waals surface area contributed by atoms with Gasteiger partial charge in [0.2, 0.25) is 0 Å². The number of halogens is 1. The lowest BCUT2D eigenvalue weighted by atomic mass is 9.79. The third-order valence-corrected chi connectivity index (χ3v) is 6.27. The zero-order valence-corrected chi connectivity index (χ0v) is 13.5. The Morgan fingerprint density at radius 3 is 2.43 bits per heavy atom. The second kappa shape index (κ2) is 5.32. The topological polar surface area (TPSA) is 0 Å². The van der Waals surface area contributed by atoms with E-state index in [1.54, 1.807) is 0 Å². The van der Waals surface area contributed by atoms with Crippen LogP contribution in [0.3, 0.4) is 0 Å². The maximum Gasteiger partial charge on any atom is 0.0619 e. The van der Waals surface area contributed by atoms with E-state index in [1.807, 2.05) is 0 Å². The molecule has 0 bridgehead atoms. The zero-order valence-electron chi connectivity index (χ0n) is 12.7. The van der Waals surface area contributed by atoms with Gasteiger partial charge in [0.15, 0.2) is 0 Å². The van der Waals surface area contributed by atoms with E-state index in [1.165, 1.54) is 66.0 Å². The van der Waals surface area contributed by atoms with Crippen molar-refractivity contribution in [2.45, 2.75) is 50.8 Å². The molecule has 0 aliphatic heterocycles. The van der Waals surface area contributed by atoms with Gasteiger partial charge in [0.25, 0.3) is 0 Å². The van der Waals surface area contributed by atoms with Gasteiger partial charge >= 0.3 is 0 Å². The Hall–Kier alpha value is -1.01. The summed E-state index contributed by atoms with van der Waals surface area (Å²) < 4.78 is 0. The highest BCUT2D eigenvalue weighted by Crippen LogP contribution is 2.44. The average Bonchev–Trinajstić information content (AvgIpc) is 2.93. The summed E-state index contributed by atoms with van der Waals surface area (Å²) >= 11 is 6.94. The fourth-order valence-corrected chi connectivity index (χ4v) is 4.78. The standard InChI is InChI=1S/C20H23Cl/c1-13-5-7-16(8-6-13)20(21)18-12-11-15-10-9-14-3-2-4-17(18)19(14)15/h2-4,11-13,16,20H,5-10H2,1H3. The van der Waals surface area contributed by atoms with Crippen LogP contribution in [0.5, 0.6) is 0 Å². The molecule has 4 rings (SSSR count). The highest BCUT2D eigenvalue weighted by atomic mass is 35.5. The summed E-state index contributed by atoms with van der Waals surface area (Å²) in [6, 6.07) is 11.4. The van der Waals surface area contributed by atoms with Crippen LogP contribution in [0.25, 0.3) is 10.8 Å². The summed E-state index contributed by atoms with van der Waals surface area (Å²) in [6.07, 6.45) is 7.66. The van der Waals surface area contributed by atoms with Gasteiger partial charge < -0.3 is 0 Å². The number of rotatable bonds is 2. The molecule has 21 heavy (non-hydrogen) atoms. The highest BCUT2D eigenvalue weighted by Gasteiger charge is 2.28. The molecule has 0 radical (unpaired) electrons. The Kier molecular flexibility index (Phi) is 3.46. The number of benzene rings is 2. The van der Waals surface area contributed by atoms with E-state index in [2.05, 4.69) is 37.3 Å². The van der Waals surface area contributed by atoms with Crippen LogP contribution in [0, 0.1) is 11.8 Å². The summed E-state index contributed by atoms with van der Waals surface area (Å²) in [5.74, 6) is 1.54. The monoisotopic (exact) mass is 298 g/mol. The molecule has 1 heteroatoms. The van der Waals surface area contributed by atoms with Gasteiger partial charge in [-0.3, -0.25) is 0 Å². The fraction of sp³-hybridized carbons (Fsp3) is 0.500. The van der Waals surface area contributed by atoms with Crippen LogP contribution in [0.15, 0.2) is 30.3 Å². The summed E-state index contributed by atoms with van der Waals surface area (Å²) in [6.45, 7) is 2.37. The minimum atomic E-state index is 0.183. The van der Waals surface area contributed by atoms with Gasteiger partial charge in [0, 0.05) is 0 Å². The number of alkyl halides is 1. The number of hydrogen-bond acceptors (Lipinski definition) is 0. The largest absolute Gasteiger partial charge is 0.117 e.